The number of rotatable bonds is 8. The highest BCUT2D eigenvalue weighted by molar-refractivity contribution is 6.34. The van der Waals surface area contributed by atoms with Gasteiger partial charge in [-0.3, -0.25) is 24.2 Å². The van der Waals surface area contributed by atoms with Gasteiger partial charge in [-0.05, 0) is 42.8 Å². The van der Waals surface area contributed by atoms with Crippen LogP contribution in [0.15, 0.2) is 61.1 Å². The summed E-state index contributed by atoms with van der Waals surface area (Å²) in [6, 6.07) is 8.90. The average Bonchev–Trinajstić information content (AvgIpc) is 2.85. The maximum absolute atomic E-state index is 13.2. The van der Waals surface area contributed by atoms with E-state index in [0.717, 1.165) is 6.20 Å². The first-order valence-corrected chi connectivity index (χ1v) is 10.5. The smallest absolute Gasteiger partial charge is 0.322 e. The Morgan fingerprint density at radius 1 is 1.09 bits per heavy atom. The SMILES string of the molecule is C[C@H](NN(C(=O)c1cnccn1)C(=O)c1ccc(C(=O)NCc2cccc(O)c2)cc1Cl)C(=O)O. The molecule has 0 fully saturated rings. The Morgan fingerprint density at radius 3 is 2.49 bits per heavy atom. The van der Waals surface area contributed by atoms with E-state index in [-0.39, 0.29) is 34.1 Å². The predicted octanol–water partition coefficient (Wildman–Crippen LogP) is 2.03. The largest absolute Gasteiger partial charge is 0.508 e. The standard InChI is InChI=1S/C23H20ClN5O6/c1-13(23(34)35)28-29(22(33)19-12-25-7-8-26-19)21(32)17-6-5-15(10-18(17)24)20(31)27-11-14-3-2-4-16(30)9-14/h2-10,12-13,28,30H,11H2,1H3,(H,27,31)(H,34,35)/t13-/m0/s1. The number of nitrogens with zero attached hydrogens (tertiary/aromatic N) is 3. The van der Waals surface area contributed by atoms with E-state index < -0.39 is 29.7 Å². The number of amides is 3. The van der Waals surface area contributed by atoms with E-state index in [1.807, 2.05) is 0 Å². The number of carboxylic acid groups (broad SMARTS) is 1. The summed E-state index contributed by atoms with van der Waals surface area (Å²) in [5, 5.41) is 21.8. The summed E-state index contributed by atoms with van der Waals surface area (Å²) in [5.41, 5.74) is 2.79. The molecule has 0 bridgehead atoms. The van der Waals surface area contributed by atoms with E-state index in [2.05, 4.69) is 20.7 Å². The molecule has 3 rings (SSSR count). The third-order valence-electron chi connectivity index (χ3n) is 4.71. The van der Waals surface area contributed by atoms with E-state index in [4.69, 9.17) is 11.6 Å². The number of hydrogen-bond acceptors (Lipinski definition) is 8. The molecule has 12 heteroatoms. The predicted molar refractivity (Wildman–Crippen MR) is 123 cm³/mol. The highest BCUT2D eigenvalue weighted by atomic mass is 35.5. The Balaban J connectivity index is 1.81. The lowest BCUT2D eigenvalue weighted by Gasteiger charge is -2.24. The Bertz CT molecular complexity index is 1270. The van der Waals surface area contributed by atoms with Gasteiger partial charge in [0.25, 0.3) is 17.7 Å². The molecule has 0 aliphatic heterocycles. The van der Waals surface area contributed by atoms with Crippen LogP contribution in [0.25, 0.3) is 0 Å². The lowest BCUT2D eigenvalue weighted by atomic mass is 10.1. The molecule has 0 unspecified atom stereocenters. The minimum Gasteiger partial charge on any atom is -0.508 e. The van der Waals surface area contributed by atoms with Crippen LogP contribution in [-0.4, -0.2) is 54.9 Å². The van der Waals surface area contributed by atoms with Crippen molar-refractivity contribution in [1.82, 2.24) is 25.7 Å². The fraction of sp³-hybridized carbons (Fsp3) is 0.130. The van der Waals surface area contributed by atoms with Crippen molar-refractivity contribution in [3.05, 3.63) is 88.5 Å². The van der Waals surface area contributed by atoms with Crippen LogP contribution in [0.3, 0.4) is 0 Å². The molecule has 3 aromatic rings. The molecule has 0 saturated carbocycles. The number of nitrogens with one attached hydrogen (secondary N) is 2. The van der Waals surface area contributed by atoms with Crippen molar-refractivity contribution >= 4 is 35.3 Å². The molecule has 0 spiro atoms. The quantitative estimate of drug-likeness (QED) is 0.269. The summed E-state index contributed by atoms with van der Waals surface area (Å²) in [6.07, 6.45) is 3.70. The molecule has 1 atom stereocenters. The van der Waals surface area contributed by atoms with Crippen LogP contribution in [0.5, 0.6) is 5.75 Å². The van der Waals surface area contributed by atoms with Gasteiger partial charge in [0.05, 0.1) is 16.8 Å². The van der Waals surface area contributed by atoms with Crippen LogP contribution in [0.2, 0.25) is 5.02 Å². The third-order valence-corrected chi connectivity index (χ3v) is 5.02. The summed E-state index contributed by atoms with van der Waals surface area (Å²) in [7, 11) is 0. The van der Waals surface area contributed by atoms with Crippen LogP contribution in [0.1, 0.15) is 43.7 Å². The van der Waals surface area contributed by atoms with Crippen molar-refractivity contribution in [2.45, 2.75) is 19.5 Å². The number of aliphatic carboxylic acids is 1. The van der Waals surface area contributed by atoms with E-state index in [0.29, 0.717) is 10.6 Å². The molecule has 180 valence electrons. The second kappa shape index (κ2) is 11.2. The first-order chi connectivity index (χ1) is 16.7. The van der Waals surface area contributed by atoms with Crippen molar-refractivity contribution in [2.75, 3.05) is 0 Å². The highest BCUT2D eigenvalue weighted by Crippen LogP contribution is 2.21. The fourth-order valence-corrected chi connectivity index (χ4v) is 3.14. The maximum atomic E-state index is 13.2. The van der Waals surface area contributed by atoms with Crippen LogP contribution < -0.4 is 10.7 Å². The number of halogens is 1. The van der Waals surface area contributed by atoms with Gasteiger partial charge in [-0.2, -0.15) is 0 Å². The number of carboxylic acids is 1. The molecule has 2 aromatic carbocycles. The Labute approximate surface area is 204 Å². The van der Waals surface area contributed by atoms with Crippen LogP contribution >= 0.6 is 11.6 Å². The zero-order valence-electron chi connectivity index (χ0n) is 18.3. The number of benzene rings is 2. The molecule has 0 aliphatic rings. The lowest BCUT2D eigenvalue weighted by Crippen LogP contribution is -2.53. The molecule has 35 heavy (non-hydrogen) atoms. The van der Waals surface area contributed by atoms with Crippen molar-refractivity contribution in [3.8, 4) is 5.75 Å². The van der Waals surface area contributed by atoms with Crippen molar-refractivity contribution in [3.63, 3.8) is 0 Å². The zero-order valence-corrected chi connectivity index (χ0v) is 19.1. The Morgan fingerprint density at radius 2 is 1.86 bits per heavy atom. The first kappa shape index (κ1) is 25.3. The monoisotopic (exact) mass is 497 g/mol. The Kier molecular flexibility index (Phi) is 8.08. The van der Waals surface area contributed by atoms with Crippen LogP contribution in [0.4, 0.5) is 0 Å². The molecule has 4 N–H and O–H groups in total. The third kappa shape index (κ3) is 6.37. The maximum Gasteiger partial charge on any atom is 0.322 e. The van der Waals surface area contributed by atoms with Gasteiger partial charge in [0.15, 0.2) is 0 Å². The summed E-state index contributed by atoms with van der Waals surface area (Å²) < 4.78 is 0. The topological polar surface area (TPSA) is 162 Å². The van der Waals surface area contributed by atoms with Gasteiger partial charge < -0.3 is 15.5 Å². The molecular formula is C23H20ClN5O6. The second-order valence-electron chi connectivity index (χ2n) is 7.27. The van der Waals surface area contributed by atoms with Gasteiger partial charge in [0.2, 0.25) is 0 Å². The van der Waals surface area contributed by atoms with E-state index in [1.165, 1.54) is 49.6 Å². The number of aromatic nitrogens is 2. The summed E-state index contributed by atoms with van der Waals surface area (Å²) in [6.45, 7) is 1.39. The number of imide groups is 1. The number of phenolic OH excluding ortho intramolecular Hbond substituents is 1. The first-order valence-electron chi connectivity index (χ1n) is 10.2. The molecule has 1 heterocycles. The molecule has 0 aliphatic carbocycles. The lowest BCUT2D eigenvalue weighted by molar-refractivity contribution is -0.139. The van der Waals surface area contributed by atoms with Crippen molar-refractivity contribution in [1.29, 1.82) is 0 Å². The highest BCUT2D eigenvalue weighted by Gasteiger charge is 2.30. The number of aromatic hydroxyl groups is 1. The molecule has 11 nitrogen and oxygen atoms in total. The normalized spacial score (nSPS) is 11.4. The molecule has 1 aromatic heterocycles. The van der Waals surface area contributed by atoms with E-state index in [9.17, 15) is 29.4 Å². The van der Waals surface area contributed by atoms with Crippen LogP contribution in [0, 0.1) is 0 Å². The molecule has 0 radical (unpaired) electrons. The summed E-state index contributed by atoms with van der Waals surface area (Å²) in [5.74, 6) is -3.63. The van der Waals surface area contributed by atoms with E-state index in [1.54, 1.807) is 12.1 Å². The molecule has 3 amide bonds. The second-order valence-corrected chi connectivity index (χ2v) is 7.68. The number of hydrazine groups is 1. The number of carbonyl (C=O) groups excluding carboxylic acids is 3. The van der Waals surface area contributed by atoms with Gasteiger partial charge in [0, 0.05) is 24.5 Å². The van der Waals surface area contributed by atoms with E-state index >= 15 is 0 Å². The summed E-state index contributed by atoms with van der Waals surface area (Å²) >= 11 is 6.26. The zero-order chi connectivity index (χ0) is 25.5. The van der Waals surface area contributed by atoms with Gasteiger partial charge in [-0.1, -0.05) is 23.7 Å². The van der Waals surface area contributed by atoms with Crippen LogP contribution in [-0.2, 0) is 11.3 Å². The Hall–Kier alpha value is -4.35. The summed E-state index contributed by atoms with van der Waals surface area (Å²) in [4.78, 5) is 57.5. The van der Waals surface area contributed by atoms with Crippen molar-refractivity contribution < 1.29 is 29.4 Å². The van der Waals surface area contributed by atoms with Gasteiger partial charge in [0.1, 0.15) is 17.5 Å². The average molecular weight is 498 g/mol. The van der Waals surface area contributed by atoms with Crippen molar-refractivity contribution in [2.24, 2.45) is 0 Å². The van der Waals surface area contributed by atoms with Gasteiger partial charge in [-0.25, -0.2) is 15.4 Å². The minimum atomic E-state index is -1.31. The van der Waals surface area contributed by atoms with Gasteiger partial charge >= 0.3 is 5.97 Å². The number of hydrogen-bond donors (Lipinski definition) is 4. The molecule has 0 saturated heterocycles. The number of phenols is 1. The fourth-order valence-electron chi connectivity index (χ4n) is 2.88. The molecular weight excluding hydrogens is 478 g/mol. The minimum absolute atomic E-state index is 0.0640. The number of carbonyl (C=O) groups is 4. The van der Waals surface area contributed by atoms with Gasteiger partial charge in [-0.15, -0.1) is 0 Å².